The molecule has 142 valence electrons. The topological polar surface area (TPSA) is 60.6 Å². The zero-order valence-corrected chi connectivity index (χ0v) is 16.0. The van der Waals surface area contributed by atoms with Gasteiger partial charge in [-0.2, -0.15) is 0 Å². The number of benzene rings is 1. The van der Waals surface area contributed by atoms with Gasteiger partial charge in [-0.15, -0.1) is 0 Å². The highest BCUT2D eigenvalue weighted by Crippen LogP contribution is 2.29. The minimum Gasteiger partial charge on any atom is -0.345 e. The number of hydrogen-bond acceptors (Lipinski definition) is 3. The molecule has 1 aromatic carbocycles. The first-order valence-corrected chi connectivity index (χ1v) is 10.5. The van der Waals surface area contributed by atoms with E-state index in [0.29, 0.717) is 5.92 Å². The first kappa shape index (κ1) is 17.0. The van der Waals surface area contributed by atoms with Crippen LogP contribution >= 0.6 is 0 Å². The van der Waals surface area contributed by atoms with Gasteiger partial charge in [-0.3, -0.25) is 4.90 Å². The molecule has 2 aromatic heterocycles. The van der Waals surface area contributed by atoms with Crippen molar-refractivity contribution in [2.24, 2.45) is 5.92 Å². The van der Waals surface area contributed by atoms with Gasteiger partial charge in [-0.25, -0.2) is 9.97 Å². The standard InChI is InChI=1S/C22H29N5/c1-2-7-16(6-1)12-21-23-13-18(24-21)15-27-11-5-8-17(14-27)22-25-19-9-3-4-10-20(19)26-22/h3-4,9-10,13,16-17H,1-2,5-8,11-12,14-15H2,(H,23,24)(H,25,26)/t17-/m1/s1. The molecular weight excluding hydrogens is 334 g/mol. The average Bonchev–Trinajstić information content (AvgIpc) is 3.43. The molecule has 0 amide bonds. The highest BCUT2D eigenvalue weighted by atomic mass is 15.2. The zero-order valence-electron chi connectivity index (χ0n) is 16.0. The summed E-state index contributed by atoms with van der Waals surface area (Å²) in [5, 5.41) is 0. The molecule has 3 heterocycles. The largest absolute Gasteiger partial charge is 0.345 e. The third-order valence-electron chi connectivity index (χ3n) is 6.33. The maximum atomic E-state index is 4.84. The molecule has 3 aromatic rings. The summed E-state index contributed by atoms with van der Waals surface area (Å²) in [6.45, 7) is 3.19. The van der Waals surface area contributed by atoms with Crippen LogP contribution in [-0.2, 0) is 13.0 Å². The smallest absolute Gasteiger partial charge is 0.111 e. The number of H-pyrrole nitrogens is 2. The average molecular weight is 364 g/mol. The van der Waals surface area contributed by atoms with E-state index in [0.717, 1.165) is 48.8 Å². The van der Waals surface area contributed by atoms with Gasteiger partial charge < -0.3 is 9.97 Å². The Balaban J connectivity index is 1.22. The molecule has 0 radical (unpaired) electrons. The number of fused-ring (bicyclic) bond motifs is 1. The number of nitrogens with one attached hydrogen (secondary N) is 2. The van der Waals surface area contributed by atoms with Crippen LogP contribution in [-0.4, -0.2) is 37.9 Å². The quantitative estimate of drug-likeness (QED) is 0.706. The Kier molecular flexibility index (Phi) is 4.70. The van der Waals surface area contributed by atoms with Gasteiger partial charge >= 0.3 is 0 Å². The number of likely N-dealkylation sites (tertiary alicyclic amines) is 1. The van der Waals surface area contributed by atoms with Crippen LogP contribution in [0.5, 0.6) is 0 Å². The Bertz CT molecular complexity index is 856. The van der Waals surface area contributed by atoms with Crippen LogP contribution in [0.15, 0.2) is 30.5 Å². The molecule has 1 aliphatic heterocycles. The fraction of sp³-hybridized carbons (Fsp3) is 0.545. The van der Waals surface area contributed by atoms with Gasteiger partial charge in [0, 0.05) is 37.3 Å². The lowest BCUT2D eigenvalue weighted by atomic mass is 9.97. The normalized spacial score (nSPS) is 22.0. The molecule has 0 unspecified atom stereocenters. The van der Waals surface area contributed by atoms with Crippen molar-refractivity contribution in [3.8, 4) is 0 Å². The summed E-state index contributed by atoms with van der Waals surface area (Å²) in [4.78, 5) is 19.2. The van der Waals surface area contributed by atoms with E-state index in [1.165, 1.54) is 50.0 Å². The number of nitrogens with zero attached hydrogens (tertiary/aromatic N) is 3. The second-order valence-corrected chi connectivity index (χ2v) is 8.42. The summed E-state index contributed by atoms with van der Waals surface area (Å²) in [5.74, 6) is 3.67. The van der Waals surface area contributed by atoms with E-state index in [1.54, 1.807) is 0 Å². The maximum Gasteiger partial charge on any atom is 0.111 e. The third-order valence-corrected chi connectivity index (χ3v) is 6.33. The lowest BCUT2D eigenvalue weighted by Crippen LogP contribution is -2.34. The number of para-hydroxylation sites is 2. The Morgan fingerprint density at radius 2 is 1.93 bits per heavy atom. The second kappa shape index (κ2) is 7.47. The molecule has 1 atom stereocenters. The van der Waals surface area contributed by atoms with E-state index in [2.05, 4.69) is 50.3 Å². The van der Waals surface area contributed by atoms with Crippen LogP contribution in [0.2, 0.25) is 0 Å². The van der Waals surface area contributed by atoms with Crippen LogP contribution in [0.1, 0.15) is 61.8 Å². The minimum absolute atomic E-state index is 0.493. The Morgan fingerprint density at radius 1 is 1.04 bits per heavy atom. The highest BCUT2D eigenvalue weighted by molar-refractivity contribution is 5.74. The highest BCUT2D eigenvalue weighted by Gasteiger charge is 2.24. The van der Waals surface area contributed by atoms with Crippen molar-refractivity contribution >= 4 is 11.0 Å². The Morgan fingerprint density at radius 3 is 2.81 bits per heavy atom. The van der Waals surface area contributed by atoms with E-state index >= 15 is 0 Å². The second-order valence-electron chi connectivity index (χ2n) is 8.42. The molecule has 2 aliphatic rings. The number of piperidine rings is 1. The first-order chi connectivity index (χ1) is 13.3. The summed E-state index contributed by atoms with van der Waals surface area (Å²) in [6.07, 6.45) is 11.2. The van der Waals surface area contributed by atoms with Crippen LogP contribution in [0, 0.1) is 5.92 Å². The van der Waals surface area contributed by atoms with Crippen molar-refractivity contribution in [3.05, 3.63) is 47.8 Å². The van der Waals surface area contributed by atoms with Gasteiger partial charge in [0.25, 0.3) is 0 Å². The predicted molar refractivity (Wildman–Crippen MR) is 108 cm³/mol. The fourth-order valence-electron chi connectivity index (χ4n) is 4.91. The monoisotopic (exact) mass is 363 g/mol. The molecule has 5 heteroatoms. The zero-order chi connectivity index (χ0) is 18.1. The van der Waals surface area contributed by atoms with Crippen molar-refractivity contribution in [2.75, 3.05) is 13.1 Å². The van der Waals surface area contributed by atoms with Crippen molar-refractivity contribution in [2.45, 2.75) is 57.4 Å². The molecule has 2 N–H and O–H groups in total. The summed E-state index contributed by atoms with van der Waals surface area (Å²) < 4.78 is 0. The van der Waals surface area contributed by atoms with Crippen molar-refractivity contribution in [1.29, 1.82) is 0 Å². The number of aromatic amines is 2. The van der Waals surface area contributed by atoms with E-state index in [-0.39, 0.29) is 0 Å². The predicted octanol–water partition coefficient (Wildman–Crippen LogP) is 4.40. The van der Waals surface area contributed by atoms with Crippen molar-refractivity contribution in [1.82, 2.24) is 24.8 Å². The van der Waals surface area contributed by atoms with Crippen LogP contribution in [0.3, 0.4) is 0 Å². The van der Waals surface area contributed by atoms with Crippen LogP contribution < -0.4 is 0 Å². The van der Waals surface area contributed by atoms with Gasteiger partial charge in [-0.05, 0) is 37.4 Å². The molecule has 5 nitrogen and oxygen atoms in total. The van der Waals surface area contributed by atoms with Gasteiger partial charge in [0.05, 0.1) is 11.0 Å². The van der Waals surface area contributed by atoms with E-state index in [9.17, 15) is 0 Å². The number of aromatic nitrogens is 4. The van der Waals surface area contributed by atoms with Gasteiger partial charge in [0.15, 0.2) is 0 Å². The molecule has 1 saturated heterocycles. The minimum atomic E-state index is 0.493. The van der Waals surface area contributed by atoms with Crippen LogP contribution in [0.4, 0.5) is 0 Å². The van der Waals surface area contributed by atoms with E-state index < -0.39 is 0 Å². The van der Waals surface area contributed by atoms with Gasteiger partial charge in [0.2, 0.25) is 0 Å². The first-order valence-electron chi connectivity index (χ1n) is 10.5. The number of imidazole rings is 2. The Labute approximate surface area is 160 Å². The Hall–Kier alpha value is -2.14. The number of rotatable bonds is 5. The molecule has 1 aliphatic carbocycles. The van der Waals surface area contributed by atoms with Crippen LogP contribution in [0.25, 0.3) is 11.0 Å². The maximum absolute atomic E-state index is 4.84. The third kappa shape index (κ3) is 3.79. The molecule has 0 bridgehead atoms. The van der Waals surface area contributed by atoms with E-state index in [1.807, 2.05) is 0 Å². The molecule has 2 fully saturated rings. The molecule has 1 saturated carbocycles. The fourth-order valence-corrected chi connectivity index (χ4v) is 4.91. The summed E-state index contributed by atoms with van der Waals surface area (Å²) in [6, 6.07) is 8.33. The lowest BCUT2D eigenvalue weighted by Gasteiger charge is -2.31. The molecule has 0 spiro atoms. The molecule has 27 heavy (non-hydrogen) atoms. The number of hydrogen-bond donors (Lipinski definition) is 2. The lowest BCUT2D eigenvalue weighted by molar-refractivity contribution is 0.195. The summed E-state index contributed by atoms with van der Waals surface area (Å²) in [7, 11) is 0. The summed E-state index contributed by atoms with van der Waals surface area (Å²) in [5.41, 5.74) is 3.48. The van der Waals surface area contributed by atoms with Crippen molar-refractivity contribution < 1.29 is 0 Å². The molecular formula is C22H29N5. The molecule has 5 rings (SSSR count). The summed E-state index contributed by atoms with van der Waals surface area (Å²) >= 11 is 0. The van der Waals surface area contributed by atoms with Gasteiger partial charge in [0.1, 0.15) is 11.6 Å². The van der Waals surface area contributed by atoms with E-state index in [4.69, 9.17) is 4.98 Å². The van der Waals surface area contributed by atoms with Crippen molar-refractivity contribution in [3.63, 3.8) is 0 Å². The SMILES string of the molecule is c1ccc2[nH]c([C@@H]3CCCN(Cc4cnc(CC5CCCC5)[nH]4)C3)nc2c1. The van der Waals surface area contributed by atoms with Gasteiger partial charge in [-0.1, -0.05) is 37.8 Å².